The highest BCUT2D eigenvalue weighted by molar-refractivity contribution is 5.92. The van der Waals surface area contributed by atoms with E-state index in [1.165, 1.54) is 16.8 Å². The van der Waals surface area contributed by atoms with Crippen LogP contribution in [0.25, 0.3) is 5.65 Å². The predicted molar refractivity (Wildman–Crippen MR) is 99.2 cm³/mol. The minimum absolute atomic E-state index is 0.00967. The van der Waals surface area contributed by atoms with Crippen molar-refractivity contribution in [1.82, 2.24) is 20.1 Å². The van der Waals surface area contributed by atoms with E-state index < -0.39 is 5.91 Å². The van der Waals surface area contributed by atoms with E-state index in [-0.39, 0.29) is 30.8 Å². The van der Waals surface area contributed by atoms with E-state index in [9.17, 15) is 9.18 Å². The second kappa shape index (κ2) is 7.91. The lowest BCUT2D eigenvalue weighted by Crippen LogP contribution is -2.27. The number of aromatic nitrogens is 3. The Morgan fingerprint density at radius 3 is 3.07 bits per heavy atom. The lowest BCUT2D eigenvalue weighted by atomic mass is 10.0. The average Bonchev–Trinajstić information content (AvgIpc) is 3.34. The molecule has 1 amide bonds. The van der Waals surface area contributed by atoms with Gasteiger partial charge >= 0.3 is 0 Å². The number of amides is 1. The zero-order valence-corrected chi connectivity index (χ0v) is 15.1. The molecule has 1 atom stereocenters. The molecule has 1 aromatic carbocycles. The fourth-order valence-corrected chi connectivity index (χ4v) is 3.49. The topological polar surface area (TPSA) is 92.0 Å². The summed E-state index contributed by atoms with van der Waals surface area (Å²) in [6.07, 6.45) is 3.28. The first-order valence-electron chi connectivity index (χ1n) is 9.07. The molecule has 2 N–H and O–H groups in total. The Morgan fingerprint density at radius 2 is 2.25 bits per heavy atom. The number of hydroxylamine groups is 1. The van der Waals surface area contributed by atoms with Gasteiger partial charge in [-0.25, -0.2) is 19.4 Å². The summed E-state index contributed by atoms with van der Waals surface area (Å²) in [6.45, 7) is 0.575. The Balaban J connectivity index is 1.63. The largest absolute Gasteiger partial charge is 0.394 e. The molecule has 4 rings (SSSR count). The van der Waals surface area contributed by atoms with Gasteiger partial charge in [0.05, 0.1) is 25.5 Å². The number of nitrogens with zero attached hydrogens (tertiary/aromatic N) is 4. The smallest absolute Gasteiger partial charge is 0.295 e. The van der Waals surface area contributed by atoms with Gasteiger partial charge in [0.2, 0.25) is 0 Å². The van der Waals surface area contributed by atoms with Crippen molar-refractivity contribution in [2.24, 2.45) is 0 Å². The quantitative estimate of drug-likeness (QED) is 0.497. The Kier molecular flexibility index (Phi) is 5.18. The van der Waals surface area contributed by atoms with Crippen molar-refractivity contribution < 1.29 is 19.1 Å². The van der Waals surface area contributed by atoms with Crippen LogP contribution in [0.5, 0.6) is 0 Å². The molecule has 1 saturated heterocycles. The highest BCUT2D eigenvalue weighted by Crippen LogP contribution is 2.35. The zero-order valence-electron chi connectivity index (χ0n) is 15.1. The normalized spacial score (nSPS) is 16.6. The monoisotopic (exact) mass is 385 g/mol. The maximum atomic E-state index is 13.7. The fraction of sp³-hybridized carbons (Fsp3) is 0.316. The number of benzene rings is 1. The van der Waals surface area contributed by atoms with Gasteiger partial charge in [-0.3, -0.25) is 9.63 Å². The molecule has 146 valence electrons. The standard InChI is InChI=1S/C19H20FN5O3/c20-14-4-1-3-13(11-14)15-5-2-8-24(15)18-7-6-17-21-12-16(25(17)22-18)19(27)23-28-10-9-26/h1,3-4,6-7,11-12,15,26H,2,5,8-10H2,(H,23,27). The number of anilines is 1. The zero-order chi connectivity index (χ0) is 19.5. The summed E-state index contributed by atoms with van der Waals surface area (Å²) in [7, 11) is 0. The van der Waals surface area contributed by atoms with Crippen LogP contribution < -0.4 is 10.4 Å². The predicted octanol–water partition coefficient (Wildman–Crippen LogP) is 1.86. The molecule has 0 radical (unpaired) electrons. The van der Waals surface area contributed by atoms with Crippen molar-refractivity contribution >= 4 is 17.4 Å². The minimum Gasteiger partial charge on any atom is -0.394 e. The van der Waals surface area contributed by atoms with Gasteiger partial charge in [0.15, 0.2) is 11.3 Å². The van der Waals surface area contributed by atoms with Gasteiger partial charge in [-0.1, -0.05) is 12.1 Å². The first-order valence-corrected chi connectivity index (χ1v) is 9.07. The van der Waals surface area contributed by atoms with Crippen molar-refractivity contribution in [2.45, 2.75) is 18.9 Å². The molecule has 3 aromatic rings. The Bertz CT molecular complexity index is 993. The summed E-state index contributed by atoms with van der Waals surface area (Å²) in [6, 6.07) is 10.3. The van der Waals surface area contributed by atoms with E-state index in [4.69, 9.17) is 9.94 Å². The molecular formula is C19H20FN5O3. The third-order valence-corrected chi connectivity index (χ3v) is 4.72. The molecule has 0 bridgehead atoms. The van der Waals surface area contributed by atoms with Gasteiger partial charge in [0.25, 0.3) is 5.91 Å². The Hall–Kier alpha value is -3.04. The van der Waals surface area contributed by atoms with Crippen molar-refractivity contribution in [3.63, 3.8) is 0 Å². The van der Waals surface area contributed by atoms with Crippen molar-refractivity contribution in [1.29, 1.82) is 0 Å². The molecule has 1 aliphatic heterocycles. The van der Waals surface area contributed by atoms with E-state index in [0.29, 0.717) is 11.5 Å². The highest BCUT2D eigenvalue weighted by Gasteiger charge is 2.28. The number of hydrogen-bond donors (Lipinski definition) is 2. The van der Waals surface area contributed by atoms with Gasteiger partial charge in [0.1, 0.15) is 11.6 Å². The molecule has 28 heavy (non-hydrogen) atoms. The van der Waals surface area contributed by atoms with E-state index in [2.05, 4.69) is 20.5 Å². The Morgan fingerprint density at radius 1 is 1.36 bits per heavy atom. The van der Waals surface area contributed by atoms with Crippen LogP contribution in [-0.4, -0.2) is 45.4 Å². The first-order chi connectivity index (χ1) is 13.7. The molecule has 1 aliphatic rings. The molecule has 1 fully saturated rings. The fourth-order valence-electron chi connectivity index (χ4n) is 3.49. The second-order valence-corrected chi connectivity index (χ2v) is 6.51. The molecule has 1 unspecified atom stereocenters. The number of fused-ring (bicyclic) bond motifs is 1. The number of rotatable bonds is 6. The number of halogens is 1. The maximum Gasteiger partial charge on any atom is 0.295 e. The van der Waals surface area contributed by atoms with Gasteiger partial charge in [0, 0.05) is 6.54 Å². The summed E-state index contributed by atoms with van der Waals surface area (Å²) in [4.78, 5) is 23.4. The molecule has 2 aromatic heterocycles. The van der Waals surface area contributed by atoms with Crippen molar-refractivity contribution in [3.05, 3.63) is 59.7 Å². The lowest BCUT2D eigenvalue weighted by molar-refractivity contribution is 0.0163. The van der Waals surface area contributed by atoms with Crippen molar-refractivity contribution in [3.8, 4) is 0 Å². The average molecular weight is 385 g/mol. The van der Waals surface area contributed by atoms with E-state index in [0.717, 1.165) is 24.9 Å². The summed E-state index contributed by atoms with van der Waals surface area (Å²) in [5, 5.41) is 13.3. The number of nitrogens with one attached hydrogen (secondary N) is 1. The molecule has 0 spiro atoms. The number of imidazole rings is 1. The molecule has 0 saturated carbocycles. The molecule has 3 heterocycles. The van der Waals surface area contributed by atoms with Crippen LogP contribution in [0.15, 0.2) is 42.6 Å². The number of aliphatic hydroxyl groups excluding tert-OH is 1. The lowest BCUT2D eigenvalue weighted by Gasteiger charge is -2.26. The third-order valence-electron chi connectivity index (χ3n) is 4.72. The summed E-state index contributed by atoms with van der Waals surface area (Å²) in [5.41, 5.74) is 3.90. The van der Waals surface area contributed by atoms with Crippen LogP contribution in [0.2, 0.25) is 0 Å². The van der Waals surface area contributed by atoms with Crippen LogP contribution in [-0.2, 0) is 4.84 Å². The highest BCUT2D eigenvalue weighted by atomic mass is 19.1. The SMILES string of the molecule is O=C(NOCCO)c1cnc2ccc(N3CCCC3c3cccc(F)c3)nn12. The third kappa shape index (κ3) is 3.54. The molecular weight excluding hydrogens is 365 g/mol. The van der Waals surface area contributed by atoms with Gasteiger partial charge < -0.3 is 10.0 Å². The summed E-state index contributed by atoms with van der Waals surface area (Å²) < 4.78 is 15.1. The number of hydrogen-bond acceptors (Lipinski definition) is 6. The number of carbonyl (C=O) groups is 1. The van der Waals surface area contributed by atoms with Crippen LogP contribution in [0.1, 0.15) is 34.9 Å². The van der Waals surface area contributed by atoms with Gasteiger partial charge in [-0.05, 0) is 42.7 Å². The number of carbonyl (C=O) groups excluding carboxylic acids is 1. The minimum atomic E-state index is -0.506. The molecule has 0 aliphatic carbocycles. The van der Waals surface area contributed by atoms with Crippen LogP contribution in [0.3, 0.4) is 0 Å². The van der Waals surface area contributed by atoms with Gasteiger partial charge in [-0.2, -0.15) is 0 Å². The first kappa shape index (κ1) is 18.3. The van der Waals surface area contributed by atoms with Crippen molar-refractivity contribution in [2.75, 3.05) is 24.7 Å². The van der Waals surface area contributed by atoms with Crippen LogP contribution in [0.4, 0.5) is 10.2 Å². The Labute approximate surface area is 160 Å². The van der Waals surface area contributed by atoms with Gasteiger partial charge in [-0.15, -0.1) is 5.10 Å². The van der Waals surface area contributed by atoms with E-state index in [1.807, 2.05) is 12.1 Å². The maximum absolute atomic E-state index is 13.7. The molecule has 8 nitrogen and oxygen atoms in total. The van der Waals surface area contributed by atoms with E-state index in [1.54, 1.807) is 18.2 Å². The van der Waals surface area contributed by atoms with Crippen LogP contribution >= 0.6 is 0 Å². The van der Waals surface area contributed by atoms with Crippen LogP contribution in [0, 0.1) is 5.82 Å². The summed E-state index contributed by atoms with van der Waals surface area (Å²) >= 11 is 0. The number of aliphatic hydroxyl groups is 1. The second-order valence-electron chi connectivity index (χ2n) is 6.51. The molecule has 9 heteroatoms. The summed E-state index contributed by atoms with van der Waals surface area (Å²) in [5.74, 6) is -0.0829. The van der Waals surface area contributed by atoms with E-state index >= 15 is 0 Å².